The first-order chi connectivity index (χ1) is 12.3. The fraction of sp³-hybridized carbons (Fsp3) is 0.727. The maximum Gasteiger partial charge on any atom is 0.168 e. The highest BCUT2D eigenvalue weighted by molar-refractivity contribution is 7.64. The van der Waals surface area contributed by atoms with Crippen LogP contribution in [0.1, 0.15) is 96.8 Å². The van der Waals surface area contributed by atoms with E-state index >= 15 is 0 Å². The van der Waals surface area contributed by atoms with Crippen molar-refractivity contribution in [1.29, 1.82) is 5.26 Å². The highest BCUT2D eigenvalue weighted by Gasteiger charge is 1.98. The van der Waals surface area contributed by atoms with E-state index in [1.807, 2.05) is 0 Å². The van der Waals surface area contributed by atoms with Crippen molar-refractivity contribution in [1.82, 2.24) is 0 Å². The summed E-state index contributed by atoms with van der Waals surface area (Å²) in [5.74, 6) is 0. The highest BCUT2D eigenvalue weighted by Crippen LogP contribution is 2.12. The molecule has 1 heterocycles. The van der Waals surface area contributed by atoms with Crippen LogP contribution < -0.4 is 4.57 Å². The lowest BCUT2D eigenvalue weighted by Gasteiger charge is -2.02. The van der Waals surface area contributed by atoms with Crippen molar-refractivity contribution in [2.24, 2.45) is 0 Å². The molecule has 0 aliphatic heterocycles. The number of nitriles is 1. The van der Waals surface area contributed by atoms with E-state index < -0.39 is 0 Å². The van der Waals surface area contributed by atoms with Crippen LogP contribution in [0.5, 0.6) is 0 Å². The molecule has 2 nitrogen and oxygen atoms in total. The van der Waals surface area contributed by atoms with Crippen molar-refractivity contribution in [2.75, 3.05) is 0 Å². The number of pyridine rings is 1. The van der Waals surface area contributed by atoms with Crippen molar-refractivity contribution in [2.45, 2.75) is 103 Å². The lowest BCUT2D eigenvalue weighted by molar-refractivity contribution is -0.697. The quantitative estimate of drug-likeness (QED) is 0.155. The lowest BCUT2D eigenvalue weighted by Crippen LogP contribution is -2.32. The third kappa shape index (κ3) is 19.0. The Balaban J connectivity index is 0.00000178. The number of hydrogen-bond donors (Lipinski definition) is 0. The number of hydrogen-bond acceptors (Lipinski definition) is 2. The van der Waals surface area contributed by atoms with E-state index in [4.69, 9.17) is 5.26 Å². The summed E-state index contributed by atoms with van der Waals surface area (Å²) in [5.41, 5.74) is 0. The van der Waals surface area contributed by atoms with Gasteiger partial charge in [-0.3, -0.25) is 0 Å². The Kier molecular flexibility index (Phi) is 20.0. The summed E-state index contributed by atoms with van der Waals surface area (Å²) >= 11 is 3.70. The van der Waals surface area contributed by atoms with Crippen LogP contribution in [-0.2, 0) is 19.2 Å². The van der Waals surface area contributed by atoms with Gasteiger partial charge in [0.25, 0.3) is 0 Å². The van der Waals surface area contributed by atoms with Crippen LogP contribution in [0.15, 0.2) is 30.6 Å². The van der Waals surface area contributed by atoms with E-state index in [0.29, 0.717) is 0 Å². The second-order valence-corrected chi connectivity index (χ2v) is 6.98. The highest BCUT2D eigenvalue weighted by atomic mass is 32.1. The van der Waals surface area contributed by atoms with Crippen molar-refractivity contribution in [3.63, 3.8) is 0 Å². The average molecular weight is 363 g/mol. The first-order valence-corrected chi connectivity index (χ1v) is 10.7. The molecular formula is C22H38N2S. The van der Waals surface area contributed by atoms with Gasteiger partial charge in [0.15, 0.2) is 12.4 Å². The maximum absolute atomic E-state index is 7.13. The summed E-state index contributed by atoms with van der Waals surface area (Å²) < 4.78 is 2.29. The monoisotopic (exact) mass is 362 g/mol. The second-order valence-electron chi connectivity index (χ2n) is 6.80. The molecule has 0 spiro atoms. The van der Waals surface area contributed by atoms with Gasteiger partial charge in [-0.25, -0.2) is 9.83 Å². The predicted molar refractivity (Wildman–Crippen MR) is 110 cm³/mol. The van der Waals surface area contributed by atoms with Gasteiger partial charge in [-0.15, -0.1) is 0 Å². The molecule has 0 aliphatic rings. The third-order valence-corrected chi connectivity index (χ3v) is 4.55. The van der Waals surface area contributed by atoms with Crippen molar-refractivity contribution in [3.05, 3.63) is 30.6 Å². The summed E-state index contributed by atoms with van der Waals surface area (Å²) in [6.45, 7) is 3.47. The Labute approximate surface area is 162 Å². The zero-order valence-corrected chi connectivity index (χ0v) is 17.1. The topological polar surface area (TPSA) is 27.7 Å². The molecule has 1 aromatic rings. The van der Waals surface area contributed by atoms with E-state index in [2.05, 4.69) is 54.7 Å². The molecule has 3 heteroatoms. The molecule has 0 radical (unpaired) electrons. The molecule has 0 bridgehead atoms. The van der Waals surface area contributed by atoms with Gasteiger partial charge in [0.05, 0.1) is 0 Å². The van der Waals surface area contributed by atoms with Crippen LogP contribution >= 0.6 is 0 Å². The van der Waals surface area contributed by atoms with E-state index in [1.165, 1.54) is 102 Å². The van der Waals surface area contributed by atoms with Gasteiger partial charge >= 0.3 is 0 Å². The molecule has 0 N–H and O–H groups in total. The molecule has 0 atom stereocenters. The molecule has 1 aromatic heterocycles. The van der Waals surface area contributed by atoms with Crippen LogP contribution in [0.3, 0.4) is 0 Å². The van der Waals surface area contributed by atoms with Crippen LogP contribution in [0.2, 0.25) is 0 Å². The van der Waals surface area contributed by atoms with E-state index in [0.717, 1.165) is 0 Å². The van der Waals surface area contributed by atoms with Gasteiger partial charge in [-0.05, 0) is 6.42 Å². The maximum atomic E-state index is 7.13. The molecular weight excluding hydrogens is 324 g/mol. The largest absolute Gasteiger partial charge is 0.696 e. The molecule has 0 saturated carbocycles. The minimum absolute atomic E-state index is 1.18. The molecule has 0 aromatic carbocycles. The fourth-order valence-electron chi connectivity index (χ4n) is 3.07. The summed E-state index contributed by atoms with van der Waals surface area (Å²) in [5, 5.41) is 8.47. The average Bonchev–Trinajstić information content (AvgIpc) is 2.63. The Bertz CT molecular complexity index is 400. The van der Waals surface area contributed by atoms with E-state index in [9.17, 15) is 0 Å². The van der Waals surface area contributed by atoms with E-state index in [-0.39, 0.29) is 0 Å². The summed E-state index contributed by atoms with van der Waals surface area (Å²) in [6.07, 6.45) is 24.4. The molecule has 0 unspecified atom stereocenters. The Hall–Kier alpha value is -1.14. The summed E-state index contributed by atoms with van der Waals surface area (Å²) in [4.78, 5) is 0. The molecule has 142 valence electrons. The fourth-order valence-corrected chi connectivity index (χ4v) is 3.07. The number of rotatable bonds is 15. The van der Waals surface area contributed by atoms with Crippen LogP contribution in [0.4, 0.5) is 0 Å². The lowest BCUT2D eigenvalue weighted by atomic mass is 10.0. The third-order valence-electron chi connectivity index (χ3n) is 4.55. The first-order valence-electron chi connectivity index (χ1n) is 10.3. The number of nitrogens with zero attached hydrogens (tertiary/aromatic N) is 2. The van der Waals surface area contributed by atoms with Crippen molar-refractivity contribution >= 4 is 12.6 Å². The predicted octanol–water partition coefficient (Wildman–Crippen LogP) is 6.47. The second kappa shape index (κ2) is 20.9. The standard InChI is InChI=1S/C21H38N.CHNS/c1-2-3-4-5-6-7-8-9-10-11-12-13-14-16-19-22-20-17-15-18-21-22;2-1-3/h15,17-18,20-21H,2-14,16,19H2,1H3;3H/q+1;/p-1. The zero-order chi connectivity index (χ0) is 18.4. The number of aryl methyl sites for hydroxylation is 1. The Morgan fingerprint density at radius 1 is 0.680 bits per heavy atom. The van der Waals surface area contributed by atoms with Gasteiger partial charge in [0, 0.05) is 18.6 Å². The first kappa shape index (κ1) is 23.9. The smallest absolute Gasteiger partial charge is 0.168 e. The molecule has 25 heavy (non-hydrogen) atoms. The molecule has 0 aliphatic carbocycles. The van der Waals surface area contributed by atoms with Gasteiger partial charge < -0.3 is 12.6 Å². The van der Waals surface area contributed by atoms with Gasteiger partial charge in [-0.1, -0.05) is 95.4 Å². The summed E-state index contributed by atoms with van der Waals surface area (Å²) in [6, 6.07) is 6.31. The van der Waals surface area contributed by atoms with Gasteiger partial charge in [-0.2, -0.15) is 0 Å². The normalized spacial score (nSPS) is 9.92. The van der Waals surface area contributed by atoms with Crippen LogP contribution in [0, 0.1) is 10.7 Å². The minimum atomic E-state index is 1.18. The van der Waals surface area contributed by atoms with Gasteiger partial charge in [0.2, 0.25) is 0 Å². The Morgan fingerprint density at radius 3 is 1.44 bits per heavy atom. The number of aromatic nitrogens is 1. The summed E-state index contributed by atoms with van der Waals surface area (Å²) in [7, 11) is 0. The molecule has 1 rings (SSSR count). The molecule has 0 fully saturated rings. The Morgan fingerprint density at radius 2 is 1.04 bits per heavy atom. The van der Waals surface area contributed by atoms with Crippen LogP contribution in [-0.4, -0.2) is 0 Å². The van der Waals surface area contributed by atoms with Gasteiger partial charge in [0.1, 0.15) is 6.54 Å². The van der Waals surface area contributed by atoms with Crippen molar-refractivity contribution < 1.29 is 4.57 Å². The molecule has 0 amide bonds. The molecule has 0 saturated heterocycles. The zero-order valence-electron chi connectivity index (χ0n) is 16.3. The van der Waals surface area contributed by atoms with Crippen molar-refractivity contribution in [3.8, 4) is 5.40 Å². The van der Waals surface area contributed by atoms with Crippen LogP contribution in [0.25, 0.3) is 0 Å². The minimum Gasteiger partial charge on any atom is -0.696 e. The number of unbranched alkanes of at least 4 members (excludes halogenated alkanes) is 13. The number of thiocyanates is 1. The van der Waals surface area contributed by atoms with E-state index in [1.54, 1.807) is 0 Å². The SMILES string of the molecule is CCCCCCCCCCCCCCCC[n+]1ccccc1.N#C[S-].